The molecule has 1 fully saturated rings. The van der Waals surface area contributed by atoms with Gasteiger partial charge >= 0.3 is 0 Å². The molecule has 1 saturated heterocycles. The van der Waals surface area contributed by atoms with Gasteiger partial charge in [-0.3, -0.25) is 4.90 Å². The van der Waals surface area contributed by atoms with Crippen molar-refractivity contribution in [2.75, 3.05) is 26.2 Å². The summed E-state index contributed by atoms with van der Waals surface area (Å²) in [6.45, 7) is 12.8. The molecule has 70 valence electrons. The number of nitrogens with one attached hydrogen (secondary N) is 1. The third kappa shape index (κ3) is 2.95. The molecular formula is C10H20N2. The molecule has 0 aromatic carbocycles. The molecule has 0 aromatic heterocycles. The maximum Gasteiger partial charge on any atom is 0.0161 e. The summed E-state index contributed by atoms with van der Waals surface area (Å²) in [6, 6.07) is 0. The van der Waals surface area contributed by atoms with Crippen molar-refractivity contribution in [3.63, 3.8) is 0 Å². The number of nitrogens with zero attached hydrogens (tertiary/aromatic N) is 1. The molecule has 0 spiro atoms. The summed E-state index contributed by atoms with van der Waals surface area (Å²) in [4.78, 5) is 2.44. The molecular weight excluding hydrogens is 148 g/mol. The Morgan fingerprint density at radius 2 is 2.25 bits per heavy atom. The van der Waals surface area contributed by atoms with E-state index in [-0.39, 0.29) is 0 Å². The minimum absolute atomic E-state index is 0.315. The monoisotopic (exact) mass is 168 g/mol. The first-order chi connectivity index (χ1) is 5.64. The average molecular weight is 168 g/mol. The Balaban J connectivity index is 2.39. The second-order valence-corrected chi connectivity index (χ2v) is 4.15. The van der Waals surface area contributed by atoms with Crippen LogP contribution < -0.4 is 5.32 Å². The Hall–Kier alpha value is -0.340. The van der Waals surface area contributed by atoms with Gasteiger partial charge in [0.25, 0.3) is 0 Å². The minimum Gasteiger partial charge on any atom is -0.310 e. The van der Waals surface area contributed by atoms with E-state index in [0.717, 1.165) is 19.6 Å². The number of hydrogen-bond donors (Lipinski definition) is 1. The standard InChI is InChI=1S/C10H20N2/c1-4-7-12-8-5-10(2,3)11-6-9-12/h4,11H,1,5-9H2,2-3H3. The van der Waals surface area contributed by atoms with Gasteiger partial charge in [0, 0.05) is 31.7 Å². The third-order valence-electron chi connectivity index (χ3n) is 2.47. The molecule has 0 atom stereocenters. The fourth-order valence-corrected chi connectivity index (χ4v) is 1.56. The highest BCUT2D eigenvalue weighted by molar-refractivity contribution is 4.84. The van der Waals surface area contributed by atoms with Crippen LogP contribution in [-0.2, 0) is 0 Å². The summed E-state index contributed by atoms with van der Waals surface area (Å²) in [5.41, 5.74) is 0.315. The van der Waals surface area contributed by atoms with Crippen LogP contribution in [0.1, 0.15) is 20.3 Å². The first-order valence-corrected chi connectivity index (χ1v) is 4.72. The molecule has 1 aliphatic heterocycles. The zero-order chi connectivity index (χ0) is 9.03. The summed E-state index contributed by atoms with van der Waals surface area (Å²) >= 11 is 0. The van der Waals surface area contributed by atoms with E-state index in [1.165, 1.54) is 13.0 Å². The van der Waals surface area contributed by atoms with Crippen LogP contribution in [0.3, 0.4) is 0 Å². The Morgan fingerprint density at radius 3 is 2.92 bits per heavy atom. The van der Waals surface area contributed by atoms with Gasteiger partial charge in [-0.25, -0.2) is 0 Å². The minimum atomic E-state index is 0.315. The van der Waals surface area contributed by atoms with Crippen molar-refractivity contribution in [3.8, 4) is 0 Å². The molecule has 1 heterocycles. The van der Waals surface area contributed by atoms with Crippen LogP contribution in [0.2, 0.25) is 0 Å². The maximum absolute atomic E-state index is 3.76. The summed E-state index contributed by atoms with van der Waals surface area (Å²) in [5.74, 6) is 0. The lowest BCUT2D eigenvalue weighted by molar-refractivity contribution is 0.311. The first kappa shape index (κ1) is 9.75. The highest BCUT2D eigenvalue weighted by Gasteiger charge is 2.21. The molecule has 0 bridgehead atoms. The second kappa shape index (κ2) is 4.06. The lowest BCUT2D eigenvalue weighted by Gasteiger charge is -2.23. The van der Waals surface area contributed by atoms with Crippen molar-refractivity contribution in [1.29, 1.82) is 0 Å². The van der Waals surface area contributed by atoms with Gasteiger partial charge < -0.3 is 5.32 Å². The van der Waals surface area contributed by atoms with E-state index in [1.54, 1.807) is 0 Å². The molecule has 0 saturated carbocycles. The van der Waals surface area contributed by atoms with E-state index in [2.05, 4.69) is 30.6 Å². The van der Waals surface area contributed by atoms with Crippen LogP contribution in [-0.4, -0.2) is 36.6 Å². The van der Waals surface area contributed by atoms with E-state index in [9.17, 15) is 0 Å². The molecule has 0 aliphatic carbocycles. The summed E-state index contributed by atoms with van der Waals surface area (Å²) in [5, 5.41) is 3.53. The molecule has 0 aromatic rings. The molecule has 2 nitrogen and oxygen atoms in total. The van der Waals surface area contributed by atoms with Crippen molar-refractivity contribution in [2.45, 2.75) is 25.8 Å². The SMILES string of the molecule is C=CCN1CCNC(C)(C)CC1. The topological polar surface area (TPSA) is 15.3 Å². The fourth-order valence-electron chi connectivity index (χ4n) is 1.56. The van der Waals surface area contributed by atoms with Crippen molar-refractivity contribution in [2.24, 2.45) is 0 Å². The van der Waals surface area contributed by atoms with E-state index < -0.39 is 0 Å². The third-order valence-corrected chi connectivity index (χ3v) is 2.47. The van der Waals surface area contributed by atoms with E-state index in [4.69, 9.17) is 0 Å². The lowest BCUT2D eigenvalue weighted by atomic mass is 10.0. The van der Waals surface area contributed by atoms with E-state index >= 15 is 0 Å². The van der Waals surface area contributed by atoms with Gasteiger partial charge in [0.15, 0.2) is 0 Å². The predicted octanol–water partition coefficient (Wildman–Crippen LogP) is 1.25. The van der Waals surface area contributed by atoms with Crippen molar-refractivity contribution in [3.05, 3.63) is 12.7 Å². The second-order valence-electron chi connectivity index (χ2n) is 4.15. The highest BCUT2D eigenvalue weighted by atomic mass is 15.2. The predicted molar refractivity (Wildman–Crippen MR) is 53.3 cm³/mol. The Labute approximate surface area is 75.6 Å². The highest BCUT2D eigenvalue weighted by Crippen LogP contribution is 2.11. The van der Waals surface area contributed by atoms with E-state index in [0.29, 0.717) is 5.54 Å². The molecule has 0 amide bonds. The molecule has 12 heavy (non-hydrogen) atoms. The Morgan fingerprint density at radius 1 is 1.50 bits per heavy atom. The van der Waals surface area contributed by atoms with Crippen LogP contribution in [0.4, 0.5) is 0 Å². The van der Waals surface area contributed by atoms with Gasteiger partial charge in [0.05, 0.1) is 0 Å². The zero-order valence-corrected chi connectivity index (χ0v) is 8.27. The summed E-state index contributed by atoms with van der Waals surface area (Å²) in [7, 11) is 0. The Kier molecular flexibility index (Phi) is 3.29. The molecule has 2 heteroatoms. The van der Waals surface area contributed by atoms with Crippen molar-refractivity contribution >= 4 is 0 Å². The largest absolute Gasteiger partial charge is 0.310 e. The van der Waals surface area contributed by atoms with Crippen LogP contribution in [0.5, 0.6) is 0 Å². The first-order valence-electron chi connectivity index (χ1n) is 4.72. The smallest absolute Gasteiger partial charge is 0.0161 e. The van der Waals surface area contributed by atoms with Gasteiger partial charge in [-0.2, -0.15) is 0 Å². The summed E-state index contributed by atoms with van der Waals surface area (Å²) in [6.07, 6.45) is 3.21. The quantitative estimate of drug-likeness (QED) is 0.624. The normalized spacial score (nSPS) is 24.8. The van der Waals surface area contributed by atoms with Crippen molar-refractivity contribution in [1.82, 2.24) is 10.2 Å². The maximum atomic E-state index is 3.76. The van der Waals surface area contributed by atoms with Crippen molar-refractivity contribution < 1.29 is 0 Å². The molecule has 1 rings (SSSR count). The molecule has 0 radical (unpaired) electrons. The van der Waals surface area contributed by atoms with Gasteiger partial charge in [-0.1, -0.05) is 6.08 Å². The van der Waals surface area contributed by atoms with Gasteiger partial charge in [-0.15, -0.1) is 6.58 Å². The molecule has 1 aliphatic rings. The van der Waals surface area contributed by atoms with Crippen LogP contribution in [0.15, 0.2) is 12.7 Å². The van der Waals surface area contributed by atoms with E-state index in [1.807, 2.05) is 6.08 Å². The van der Waals surface area contributed by atoms with Crippen LogP contribution in [0, 0.1) is 0 Å². The Bertz CT molecular complexity index is 152. The fraction of sp³-hybridized carbons (Fsp3) is 0.800. The van der Waals surface area contributed by atoms with Gasteiger partial charge in [0.1, 0.15) is 0 Å². The van der Waals surface area contributed by atoms with Crippen LogP contribution in [0.25, 0.3) is 0 Å². The molecule has 0 unspecified atom stereocenters. The summed E-state index contributed by atoms with van der Waals surface area (Å²) < 4.78 is 0. The average Bonchev–Trinajstić information content (AvgIpc) is 2.14. The number of rotatable bonds is 2. The van der Waals surface area contributed by atoms with Crippen LogP contribution >= 0.6 is 0 Å². The molecule has 1 N–H and O–H groups in total. The zero-order valence-electron chi connectivity index (χ0n) is 8.27. The van der Waals surface area contributed by atoms with Gasteiger partial charge in [0.2, 0.25) is 0 Å². The lowest BCUT2D eigenvalue weighted by Crippen LogP contribution is -2.39. The van der Waals surface area contributed by atoms with Gasteiger partial charge in [-0.05, 0) is 20.3 Å². The number of hydrogen-bond acceptors (Lipinski definition) is 2.